The monoisotopic (exact) mass is 286 g/mol. The Morgan fingerprint density at radius 2 is 2.05 bits per heavy atom. The van der Waals surface area contributed by atoms with Gasteiger partial charge in [-0.2, -0.15) is 5.10 Å². The average Bonchev–Trinajstić information content (AvgIpc) is 2.93. The Labute approximate surface area is 123 Å². The molecule has 21 heavy (non-hydrogen) atoms. The molecule has 0 saturated heterocycles. The molecule has 0 spiro atoms. The van der Waals surface area contributed by atoms with Crippen LogP contribution in [0, 0.1) is 6.92 Å². The van der Waals surface area contributed by atoms with Crippen molar-refractivity contribution in [2.24, 2.45) is 5.10 Å². The number of hydrogen-bond acceptors (Lipinski definition) is 4. The minimum absolute atomic E-state index is 0.243. The normalized spacial score (nSPS) is 10.8. The molecule has 0 radical (unpaired) electrons. The molecule has 0 aliphatic heterocycles. The van der Waals surface area contributed by atoms with Gasteiger partial charge in [-0.15, -0.1) is 0 Å². The van der Waals surface area contributed by atoms with Gasteiger partial charge in [-0.1, -0.05) is 6.92 Å². The summed E-state index contributed by atoms with van der Waals surface area (Å²) in [6, 6.07) is 10.8. The number of amides is 1. The minimum atomic E-state index is -0.373. The summed E-state index contributed by atoms with van der Waals surface area (Å²) in [5.41, 5.74) is 3.29. The van der Waals surface area contributed by atoms with Crippen LogP contribution in [-0.4, -0.2) is 18.7 Å². The molecular formula is C16H18N2O3. The highest BCUT2D eigenvalue weighted by Crippen LogP contribution is 2.11. The molecule has 0 bridgehead atoms. The lowest BCUT2D eigenvalue weighted by Crippen LogP contribution is -2.16. The highest BCUT2D eigenvalue weighted by molar-refractivity contribution is 5.92. The maximum Gasteiger partial charge on any atom is 0.307 e. The second-order valence-corrected chi connectivity index (χ2v) is 4.53. The zero-order valence-electron chi connectivity index (χ0n) is 12.1. The van der Waals surface area contributed by atoms with E-state index in [1.807, 2.05) is 24.3 Å². The Bertz CT molecular complexity index is 615. The molecule has 5 nitrogen and oxygen atoms in total. The smallest absolute Gasteiger partial charge is 0.307 e. The van der Waals surface area contributed by atoms with Gasteiger partial charge in [-0.05, 0) is 55.3 Å². The predicted octanol–water partition coefficient (Wildman–Crippen LogP) is 3.14. The standard InChI is InChI=1S/C16H18N2O3/c1-3-10-20-14-7-5-13(6-8-14)11-17-18-16(19)15-9-4-12(2)21-15/h4-9,11H,3,10H2,1-2H3,(H,18,19). The molecule has 0 aliphatic rings. The molecule has 110 valence electrons. The van der Waals surface area contributed by atoms with E-state index in [2.05, 4.69) is 17.5 Å². The molecule has 5 heteroatoms. The van der Waals surface area contributed by atoms with Gasteiger partial charge in [0.05, 0.1) is 12.8 Å². The van der Waals surface area contributed by atoms with E-state index in [1.165, 1.54) is 0 Å². The van der Waals surface area contributed by atoms with Crippen LogP contribution in [0.25, 0.3) is 0 Å². The lowest BCUT2D eigenvalue weighted by atomic mass is 10.2. The number of hydrogen-bond donors (Lipinski definition) is 1. The number of carbonyl (C=O) groups is 1. The van der Waals surface area contributed by atoms with E-state index in [4.69, 9.17) is 9.15 Å². The Morgan fingerprint density at radius 3 is 2.67 bits per heavy atom. The van der Waals surface area contributed by atoms with Gasteiger partial charge in [0.2, 0.25) is 0 Å². The molecule has 1 aromatic heterocycles. The third kappa shape index (κ3) is 4.49. The van der Waals surface area contributed by atoms with E-state index in [0.717, 1.165) is 17.7 Å². The maximum atomic E-state index is 11.7. The van der Waals surface area contributed by atoms with Crippen molar-refractivity contribution in [3.63, 3.8) is 0 Å². The number of furan rings is 1. The molecule has 0 fully saturated rings. The van der Waals surface area contributed by atoms with Crippen molar-refractivity contribution in [2.45, 2.75) is 20.3 Å². The molecule has 2 rings (SSSR count). The Hall–Kier alpha value is -2.56. The SMILES string of the molecule is CCCOc1ccc(C=NNC(=O)c2ccc(C)o2)cc1. The summed E-state index contributed by atoms with van der Waals surface area (Å²) in [7, 11) is 0. The summed E-state index contributed by atoms with van der Waals surface area (Å²) in [4.78, 5) is 11.7. The number of hydrazone groups is 1. The van der Waals surface area contributed by atoms with Gasteiger partial charge in [0.1, 0.15) is 11.5 Å². The predicted molar refractivity (Wildman–Crippen MR) is 80.7 cm³/mol. The van der Waals surface area contributed by atoms with E-state index >= 15 is 0 Å². The van der Waals surface area contributed by atoms with Gasteiger partial charge < -0.3 is 9.15 Å². The number of nitrogens with one attached hydrogen (secondary N) is 1. The summed E-state index contributed by atoms with van der Waals surface area (Å²) in [6.07, 6.45) is 2.54. The molecule has 1 aromatic carbocycles. The number of aryl methyl sites for hydroxylation is 1. The van der Waals surface area contributed by atoms with Crippen LogP contribution in [0.3, 0.4) is 0 Å². The fraction of sp³-hybridized carbons (Fsp3) is 0.250. The highest BCUT2D eigenvalue weighted by atomic mass is 16.5. The van der Waals surface area contributed by atoms with Crippen molar-refractivity contribution in [1.82, 2.24) is 5.43 Å². The quantitative estimate of drug-likeness (QED) is 0.655. The van der Waals surface area contributed by atoms with E-state index < -0.39 is 0 Å². The first-order valence-corrected chi connectivity index (χ1v) is 6.81. The van der Waals surface area contributed by atoms with Crippen LogP contribution in [0.15, 0.2) is 45.9 Å². The summed E-state index contributed by atoms with van der Waals surface area (Å²) in [6.45, 7) is 4.54. The summed E-state index contributed by atoms with van der Waals surface area (Å²) >= 11 is 0. The average molecular weight is 286 g/mol. The van der Waals surface area contributed by atoms with Gasteiger partial charge in [-0.25, -0.2) is 5.43 Å². The molecular weight excluding hydrogens is 268 g/mol. The Morgan fingerprint density at radius 1 is 1.29 bits per heavy atom. The fourth-order valence-electron chi connectivity index (χ4n) is 1.65. The fourth-order valence-corrected chi connectivity index (χ4v) is 1.65. The number of rotatable bonds is 6. The van der Waals surface area contributed by atoms with Gasteiger partial charge in [0.25, 0.3) is 0 Å². The van der Waals surface area contributed by atoms with Crippen LogP contribution < -0.4 is 10.2 Å². The number of nitrogens with zero attached hydrogens (tertiary/aromatic N) is 1. The first-order chi connectivity index (χ1) is 10.2. The largest absolute Gasteiger partial charge is 0.494 e. The van der Waals surface area contributed by atoms with Crippen LogP contribution in [0.1, 0.15) is 35.2 Å². The molecule has 2 aromatic rings. The zero-order valence-corrected chi connectivity index (χ0v) is 12.1. The van der Waals surface area contributed by atoms with Crippen molar-refractivity contribution < 1.29 is 13.9 Å². The maximum absolute atomic E-state index is 11.7. The lowest BCUT2D eigenvalue weighted by molar-refractivity contribution is 0.0926. The second-order valence-electron chi connectivity index (χ2n) is 4.53. The van der Waals surface area contributed by atoms with Crippen molar-refractivity contribution in [2.75, 3.05) is 6.61 Å². The second kappa shape index (κ2) is 7.28. The molecule has 1 N–H and O–H groups in total. The third-order valence-electron chi connectivity index (χ3n) is 2.70. The van der Waals surface area contributed by atoms with Gasteiger partial charge >= 0.3 is 5.91 Å². The molecule has 0 saturated carbocycles. The van der Waals surface area contributed by atoms with Crippen molar-refractivity contribution in [1.29, 1.82) is 0 Å². The summed E-state index contributed by atoms with van der Waals surface area (Å²) in [5, 5.41) is 3.89. The highest BCUT2D eigenvalue weighted by Gasteiger charge is 2.07. The van der Waals surface area contributed by atoms with Crippen LogP contribution >= 0.6 is 0 Å². The number of ether oxygens (including phenoxy) is 1. The summed E-state index contributed by atoms with van der Waals surface area (Å²) in [5.74, 6) is 1.38. The van der Waals surface area contributed by atoms with Gasteiger partial charge in [0.15, 0.2) is 5.76 Å². The van der Waals surface area contributed by atoms with Gasteiger partial charge in [0, 0.05) is 0 Å². The van der Waals surface area contributed by atoms with E-state index in [-0.39, 0.29) is 11.7 Å². The van der Waals surface area contributed by atoms with Crippen molar-refractivity contribution >= 4 is 12.1 Å². The number of benzene rings is 1. The zero-order chi connectivity index (χ0) is 15.1. The first-order valence-electron chi connectivity index (χ1n) is 6.81. The molecule has 0 aliphatic carbocycles. The van der Waals surface area contributed by atoms with Crippen molar-refractivity contribution in [3.8, 4) is 5.75 Å². The number of carbonyl (C=O) groups excluding carboxylic acids is 1. The summed E-state index contributed by atoms with van der Waals surface area (Å²) < 4.78 is 10.7. The molecule has 1 heterocycles. The first kappa shape index (κ1) is 14.8. The van der Waals surface area contributed by atoms with Crippen LogP contribution in [-0.2, 0) is 0 Å². The third-order valence-corrected chi connectivity index (χ3v) is 2.70. The molecule has 1 amide bonds. The van der Waals surface area contributed by atoms with Crippen LogP contribution in [0.4, 0.5) is 0 Å². The lowest BCUT2D eigenvalue weighted by Gasteiger charge is -2.03. The van der Waals surface area contributed by atoms with Crippen LogP contribution in [0.5, 0.6) is 5.75 Å². The topological polar surface area (TPSA) is 63.8 Å². The minimum Gasteiger partial charge on any atom is -0.494 e. The van der Waals surface area contributed by atoms with E-state index in [1.54, 1.807) is 25.3 Å². The van der Waals surface area contributed by atoms with Crippen LogP contribution in [0.2, 0.25) is 0 Å². The van der Waals surface area contributed by atoms with E-state index in [0.29, 0.717) is 12.4 Å². The Balaban J connectivity index is 1.87. The molecule has 0 unspecified atom stereocenters. The van der Waals surface area contributed by atoms with Crippen molar-refractivity contribution in [3.05, 3.63) is 53.5 Å². The molecule has 0 atom stereocenters. The van der Waals surface area contributed by atoms with Gasteiger partial charge in [-0.3, -0.25) is 4.79 Å². The van der Waals surface area contributed by atoms with E-state index in [9.17, 15) is 4.79 Å². The Kier molecular flexibility index (Phi) is 5.15.